The van der Waals surface area contributed by atoms with Gasteiger partial charge in [0.15, 0.2) is 6.10 Å². The third-order valence-electron chi connectivity index (χ3n) is 14.6. The van der Waals surface area contributed by atoms with Gasteiger partial charge in [0.2, 0.25) is 0 Å². The number of unbranched alkanes of at least 4 members (excludes halogenated alkanes) is 34. The van der Waals surface area contributed by atoms with Crippen LogP contribution in [-0.2, 0) is 42.2 Å². The Balaban J connectivity index is 4.72. The van der Waals surface area contributed by atoms with E-state index >= 15 is 0 Å². The number of ether oxygens (including phenoxy) is 3. The van der Waals surface area contributed by atoms with Gasteiger partial charge in [-0.15, -0.1) is 0 Å². The molecule has 0 aliphatic heterocycles. The largest absolute Gasteiger partial charge is 0.472 e. The summed E-state index contributed by atoms with van der Waals surface area (Å²) in [5.41, 5.74) is 0. The van der Waals surface area contributed by atoms with E-state index < -0.39 is 57.8 Å². The summed E-state index contributed by atoms with van der Waals surface area (Å²) in [5, 5.41) is 9.87. The third-order valence-corrected chi connectivity index (χ3v) is 15.6. The summed E-state index contributed by atoms with van der Waals surface area (Å²) in [4.78, 5) is 48.8. The number of phosphoric acid groups is 1. The van der Waals surface area contributed by atoms with Crippen LogP contribution in [-0.4, -0.2) is 66.5 Å². The highest BCUT2D eigenvalue weighted by atomic mass is 31.2. The first-order chi connectivity index (χ1) is 40.2. The Hall–Kier alpha value is -3.08. The highest BCUT2D eigenvalue weighted by molar-refractivity contribution is 7.47. The smallest absolute Gasteiger partial charge is 0.462 e. The predicted molar refractivity (Wildman–Crippen MR) is 344 cm³/mol. The maximum atomic E-state index is 13.0. The Morgan fingerprint density at radius 2 is 0.634 bits per heavy atom. The quantitative estimate of drug-likeness (QED) is 0.0197. The summed E-state index contributed by atoms with van der Waals surface area (Å²) >= 11 is 0. The van der Waals surface area contributed by atoms with E-state index in [2.05, 4.69) is 93.7 Å². The van der Waals surface area contributed by atoms with Crippen molar-refractivity contribution in [1.82, 2.24) is 0 Å². The summed E-state index contributed by atoms with van der Waals surface area (Å²) in [5.74, 6) is -1.49. The zero-order valence-electron chi connectivity index (χ0n) is 53.0. The van der Waals surface area contributed by atoms with Gasteiger partial charge in [0.25, 0.3) is 0 Å². The van der Waals surface area contributed by atoms with Crippen molar-refractivity contribution in [2.75, 3.05) is 26.4 Å². The number of aliphatic hydroxyl groups excluding tert-OH is 1. The molecular formula is C70H125O11P. The van der Waals surface area contributed by atoms with Crippen molar-refractivity contribution in [3.8, 4) is 0 Å². The summed E-state index contributed by atoms with van der Waals surface area (Å²) in [6, 6.07) is 0. The Morgan fingerprint density at radius 3 is 1.00 bits per heavy atom. The van der Waals surface area contributed by atoms with Crippen molar-refractivity contribution in [1.29, 1.82) is 0 Å². The van der Waals surface area contributed by atoms with Gasteiger partial charge in [-0.1, -0.05) is 280 Å². The Kier molecular flexibility index (Phi) is 61.5. The second-order valence-corrected chi connectivity index (χ2v) is 24.1. The topological polar surface area (TPSA) is 155 Å². The molecule has 0 radical (unpaired) electrons. The number of hydrogen-bond acceptors (Lipinski definition) is 10. The SMILES string of the molecule is CC/C=C\C/C=C\C/C=C\C/C=C\C/C=C\CCCCCC(=O)OC(COC(=O)CCCCCCCCCCC/C=C\CCCCCCCC)COP(=O)(O)OCC(CO)OC(=O)CCCCCCCCCCCCCCCCCCC. The zero-order valence-corrected chi connectivity index (χ0v) is 53.8. The van der Waals surface area contributed by atoms with Crippen molar-refractivity contribution in [3.05, 3.63) is 72.9 Å². The highest BCUT2D eigenvalue weighted by Crippen LogP contribution is 2.43. The van der Waals surface area contributed by atoms with E-state index in [0.29, 0.717) is 19.3 Å². The lowest BCUT2D eigenvalue weighted by Gasteiger charge is -2.21. The van der Waals surface area contributed by atoms with Crippen molar-refractivity contribution >= 4 is 25.7 Å². The second kappa shape index (κ2) is 63.9. The monoisotopic (exact) mass is 1170 g/mol. The minimum atomic E-state index is -4.77. The molecular weight excluding hydrogens is 1050 g/mol. The van der Waals surface area contributed by atoms with Gasteiger partial charge in [0.05, 0.1) is 19.8 Å². The molecule has 0 spiro atoms. The lowest BCUT2D eigenvalue weighted by atomic mass is 10.0. The molecule has 0 saturated carbocycles. The van der Waals surface area contributed by atoms with Crippen LogP contribution >= 0.6 is 7.82 Å². The van der Waals surface area contributed by atoms with Crippen LogP contribution < -0.4 is 0 Å². The molecule has 0 aromatic heterocycles. The lowest BCUT2D eigenvalue weighted by Crippen LogP contribution is -2.30. The predicted octanol–water partition coefficient (Wildman–Crippen LogP) is 20.8. The van der Waals surface area contributed by atoms with Crippen LogP contribution in [0.5, 0.6) is 0 Å². The fraction of sp³-hybridized carbons (Fsp3) is 0.786. The Bertz CT molecular complexity index is 1650. The molecule has 0 aliphatic carbocycles. The van der Waals surface area contributed by atoms with Crippen molar-refractivity contribution in [3.63, 3.8) is 0 Å². The Morgan fingerprint density at radius 1 is 0.354 bits per heavy atom. The van der Waals surface area contributed by atoms with E-state index in [1.54, 1.807) is 0 Å². The van der Waals surface area contributed by atoms with Gasteiger partial charge in [-0.25, -0.2) is 4.57 Å². The van der Waals surface area contributed by atoms with Crippen LogP contribution in [0.25, 0.3) is 0 Å². The van der Waals surface area contributed by atoms with Crippen molar-refractivity contribution in [2.24, 2.45) is 0 Å². The first-order valence-electron chi connectivity index (χ1n) is 33.8. The molecule has 11 nitrogen and oxygen atoms in total. The van der Waals surface area contributed by atoms with Gasteiger partial charge in [0.1, 0.15) is 12.7 Å². The molecule has 0 aromatic carbocycles. The summed E-state index contributed by atoms with van der Waals surface area (Å²) in [7, 11) is -4.77. The van der Waals surface area contributed by atoms with Crippen LogP contribution in [0.15, 0.2) is 72.9 Å². The van der Waals surface area contributed by atoms with Crippen LogP contribution in [0.3, 0.4) is 0 Å². The number of rotatable bonds is 63. The normalized spacial score (nSPS) is 13.7. The van der Waals surface area contributed by atoms with Crippen molar-refractivity contribution < 1.29 is 52.2 Å². The van der Waals surface area contributed by atoms with Crippen molar-refractivity contribution in [2.45, 2.75) is 328 Å². The first kappa shape index (κ1) is 78.9. The molecule has 0 fully saturated rings. The number of allylic oxidation sites excluding steroid dienone is 12. The lowest BCUT2D eigenvalue weighted by molar-refractivity contribution is -0.161. The number of aliphatic hydroxyl groups is 1. The van der Waals surface area contributed by atoms with Gasteiger partial charge in [-0.3, -0.25) is 23.4 Å². The van der Waals surface area contributed by atoms with Gasteiger partial charge >= 0.3 is 25.7 Å². The molecule has 2 N–H and O–H groups in total. The second-order valence-electron chi connectivity index (χ2n) is 22.6. The van der Waals surface area contributed by atoms with Gasteiger partial charge < -0.3 is 24.2 Å². The van der Waals surface area contributed by atoms with Gasteiger partial charge in [0, 0.05) is 19.3 Å². The van der Waals surface area contributed by atoms with E-state index in [0.717, 1.165) is 89.9 Å². The fourth-order valence-electron chi connectivity index (χ4n) is 9.50. The molecule has 3 atom stereocenters. The molecule has 0 amide bonds. The summed E-state index contributed by atoms with van der Waals surface area (Å²) < 4.78 is 39.7. The van der Waals surface area contributed by atoms with E-state index in [1.807, 2.05) is 0 Å². The first-order valence-corrected chi connectivity index (χ1v) is 35.3. The average molecular weight is 1170 g/mol. The Labute approximate surface area is 503 Å². The number of carbonyl (C=O) groups excluding carboxylic acids is 3. The van der Waals surface area contributed by atoms with Gasteiger partial charge in [-0.05, 0) is 89.9 Å². The average Bonchev–Trinajstić information content (AvgIpc) is 3.50. The molecule has 82 heavy (non-hydrogen) atoms. The van der Waals surface area contributed by atoms with E-state index in [4.69, 9.17) is 23.3 Å². The fourth-order valence-corrected chi connectivity index (χ4v) is 10.3. The van der Waals surface area contributed by atoms with E-state index in [1.165, 1.54) is 167 Å². The van der Waals surface area contributed by atoms with E-state index in [-0.39, 0.29) is 25.9 Å². The van der Waals surface area contributed by atoms with Crippen LogP contribution in [0.2, 0.25) is 0 Å². The highest BCUT2D eigenvalue weighted by Gasteiger charge is 2.28. The summed E-state index contributed by atoms with van der Waals surface area (Å²) in [6.45, 7) is 4.55. The molecule has 0 aromatic rings. The van der Waals surface area contributed by atoms with Crippen LogP contribution in [0, 0.1) is 0 Å². The molecule has 0 aliphatic rings. The number of carbonyl (C=O) groups is 3. The van der Waals surface area contributed by atoms with Gasteiger partial charge in [-0.2, -0.15) is 0 Å². The molecule has 476 valence electrons. The summed E-state index contributed by atoms with van der Waals surface area (Å²) in [6.07, 6.45) is 74.2. The van der Waals surface area contributed by atoms with E-state index in [9.17, 15) is 28.9 Å². The number of phosphoric ester groups is 1. The molecule has 3 unspecified atom stereocenters. The van der Waals surface area contributed by atoms with Crippen LogP contribution in [0.1, 0.15) is 316 Å². The maximum absolute atomic E-state index is 13.0. The molecule has 0 saturated heterocycles. The standard InChI is InChI=1S/C70H125O11P/c1-4-7-10-13-16-19-22-25-28-31-33-36-38-41-44-47-50-53-56-59-68(72)77-63-67(81-70(74)61-58-55-52-49-46-43-40-37-34-32-29-26-23-20-17-14-11-8-5-2)65-79-82(75,76)78-64-66(62-71)80-69(73)60-57-54-51-48-45-42-39-35-30-27-24-21-18-15-12-9-6-3/h8,11,17,20,25-26,28-29,34,37,43,46,66-67,71H,4-7,9-10,12-16,18-19,21-24,27,30-33,35-36,38-42,44-45,47-65H2,1-3H3,(H,75,76)/b11-8-,20-17-,28-25-,29-26-,37-34-,46-43-. The molecule has 0 heterocycles. The van der Waals surface area contributed by atoms with Crippen LogP contribution in [0.4, 0.5) is 0 Å². The number of esters is 3. The number of hydrogen-bond donors (Lipinski definition) is 2. The maximum Gasteiger partial charge on any atom is 0.472 e. The molecule has 0 rings (SSSR count). The minimum absolute atomic E-state index is 0.128. The zero-order chi connectivity index (χ0) is 59.8. The third kappa shape index (κ3) is 61.5. The molecule has 0 bridgehead atoms. The molecule has 12 heteroatoms. The minimum Gasteiger partial charge on any atom is -0.462 e.